The van der Waals surface area contributed by atoms with Crippen molar-refractivity contribution in [1.82, 2.24) is 4.90 Å². The lowest BCUT2D eigenvalue weighted by Crippen LogP contribution is -2.52. The van der Waals surface area contributed by atoms with Gasteiger partial charge in [-0.1, -0.05) is 0 Å². The Morgan fingerprint density at radius 2 is 1.95 bits per heavy atom. The second kappa shape index (κ2) is 4.94. The van der Waals surface area contributed by atoms with Crippen LogP contribution in [0.3, 0.4) is 0 Å². The summed E-state index contributed by atoms with van der Waals surface area (Å²) in [5.74, 6) is -2.45. The topological polar surface area (TPSA) is 66.8 Å². The molecule has 110 valence electrons. The molecule has 1 rings (SSSR count). The van der Waals surface area contributed by atoms with E-state index < -0.39 is 35.5 Å². The Morgan fingerprint density at radius 3 is 2.32 bits per heavy atom. The zero-order valence-corrected chi connectivity index (χ0v) is 11.4. The highest BCUT2D eigenvalue weighted by molar-refractivity contribution is 5.85. The van der Waals surface area contributed by atoms with Crippen LogP contribution in [-0.4, -0.2) is 46.2 Å². The number of ether oxygens (including phenoxy) is 1. The fraction of sp³-hybridized carbons (Fsp3) is 0.833. The standard InChI is InChI=1S/C12H19F2NO4/c1-11(2,3)19-10(18)15-6-7(8(13)14)5-12(15,4)9(16)17/h7-8H,5-6H2,1-4H3,(H,16,17)/t7?,12-/m1/s1. The van der Waals surface area contributed by atoms with Crippen LogP contribution in [0.4, 0.5) is 13.6 Å². The summed E-state index contributed by atoms with van der Waals surface area (Å²) in [6.45, 7) is 5.84. The van der Waals surface area contributed by atoms with Gasteiger partial charge in [-0.2, -0.15) is 0 Å². The summed E-state index contributed by atoms with van der Waals surface area (Å²) in [6.07, 6.45) is -3.81. The van der Waals surface area contributed by atoms with E-state index in [4.69, 9.17) is 4.74 Å². The van der Waals surface area contributed by atoms with Crippen molar-refractivity contribution in [3.63, 3.8) is 0 Å². The maximum absolute atomic E-state index is 12.7. The summed E-state index contributed by atoms with van der Waals surface area (Å²) in [7, 11) is 0. The lowest BCUT2D eigenvalue weighted by molar-refractivity contribution is -0.148. The Labute approximate surface area is 110 Å². The fourth-order valence-corrected chi connectivity index (χ4v) is 2.09. The zero-order valence-electron chi connectivity index (χ0n) is 11.4. The van der Waals surface area contributed by atoms with Crippen molar-refractivity contribution in [2.24, 2.45) is 5.92 Å². The summed E-state index contributed by atoms with van der Waals surface area (Å²) in [5.41, 5.74) is -2.46. The molecule has 0 aromatic carbocycles. The van der Waals surface area contributed by atoms with E-state index in [0.29, 0.717) is 0 Å². The Morgan fingerprint density at radius 1 is 1.42 bits per heavy atom. The normalized spacial score (nSPS) is 27.7. The predicted molar refractivity (Wildman–Crippen MR) is 63.1 cm³/mol. The van der Waals surface area contributed by atoms with Crippen LogP contribution in [0.2, 0.25) is 0 Å². The Balaban J connectivity index is 2.96. The minimum absolute atomic E-state index is 0.279. The first-order chi connectivity index (χ1) is 8.47. The van der Waals surface area contributed by atoms with Gasteiger partial charge in [-0.05, 0) is 34.1 Å². The predicted octanol–water partition coefficient (Wildman–Crippen LogP) is 2.35. The van der Waals surface area contributed by atoms with E-state index in [1.807, 2.05) is 0 Å². The SMILES string of the molecule is CC(C)(C)OC(=O)N1CC(C(F)F)C[C@]1(C)C(=O)O. The van der Waals surface area contributed by atoms with Crippen molar-refractivity contribution in [2.45, 2.75) is 51.7 Å². The molecule has 1 heterocycles. The van der Waals surface area contributed by atoms with Crippen molar-refractivity contribution in [2.75, 3.05) is 6.54 Å². The number of halogens is 2. The number of likely N-dealkylation sites (tertiary alicyclic amines) is 1. The van der Waals surface area contributed by atoms with Gasteiger partial charge in [-0.15, -0.1) is 0 Å². The van der Waals surface area contributed by atoms with Crippen LogP contribution in [0, 0.1) is 5.92 Å². The van der Waals surface area contributed by atoms with E-state index in [9.17, 15) is 23.5 Å². The summed E-state index contributed by atoms with van der Waals surface area (Å²) < 4.78 is 30.6. The molecular weight excluding hydrogens is 260 g/mol. The molecule has 7 heteroatoms. The van der Waals surface area contributed by atoms with E-state index in [1.54, 1.807) is 20.8 Å². The molecule has 2 atom stereocenters. The van der Waals surface area contributed by atoms with Crippen molar-refractivity contribution in [3.8, 4) is 0 Å². The van der Waals surface area contributed by atoms with E-state index in [0.717, 1.165) is 4.90 Å². The van der Waals surface area contributed by atoms with Gasteiger partial charge in [-0.25, -0.2) is 18.4 Å². The molecule has 19 heavy (non-hydrogen) atoms. The van der Waals surface area contributed by atoms with Gasteiger partial charge in [0.05, 0.1) is 0 Å². The number of carboxylic acids is 1. The Hall–Kier alpha value is -1.40. The number of hydrogen-bond acceptors (Lipinski definition) is 3. The molecule has 0 saturated carbocycles. The van der Waals surface area contributed by atoms with E-state index in [-0.39, 0.29) is 13.0 Å². The van der Waals surface area contributed by atoms with Gasteiger partial charge in [0.1, 0.15) is 11.1 Å². The van der Waals surface area contributed by atoms with Crippen LogP contribution in [0.25, 0.3) is 0 Å². The fourth-order valence-electron chi connectivity index (χ4n) is 2.09. The van der Waals surface area contributed by atoms with E-state index in [1.165, 1.54) is 6.92 Å². The number of alkyl halides is 2. The molecule has 0 radical (unpaired) electrons. The zero-order chi connectivity index (χ0) is 15.0. The lowest BCUT2D eigenvalue weighted by Gasteiger charge is -2.32. The van der Waals surface area contributed by atoms with Gasteiger partial charge in [0.15, 0.2) is 0 Å². The minimum Gasteiger partial charge on any atom is -0.480 e. The van der Waals surface area contributed by atoms with Gasteiger partial charge in [-0.3, -0.25) is 4.90 Å². The smallest absolute Gasteiger partial charge is 0.411 e. The van der Waals surface area contributed by atoms with Crippen LogP contribution >= 0.6 is 0 Å². The van der Waals surface area contributed by atoms with Crippen molar-refractivity contribution in [1.29, 1.82) is 0 Å². The van der Waals surface area contributed by atoms with Crippen LogP contribution in [-0.2, 0) is 9.53 Å². The molecule has 0 aromatic heterocycles. The van der Waals surface area contributed by atoms with Crippen molar-refractivity contribution >= 4 is 12.1 Å². The van der Waals surface area contributed by atoms with Gasteiger partial charge in [0, 0.05) is 12.5 Å². The third-order valence-electron chi connectivity index (χ3n) is 3.10. The highest BCUT2D eigenvalue weighted by atomic mass is 19.3. The number of carbonyl (C=O) groups excluding carboxylic acids is 1. The third-order valence-corrected chi connectivity index (χ3v) is 3.10. The molecule has 1 fully saturated rings. The van der Waals surface area contributed by atoms with Gasteiger partial charge in [0.2, 0.25) is 6.43 Å². The maximum Gasteiger partial charge on any atom is 0.411 e. The molecule has 1 N–H and O–H groups in total. The summed E-state index contributed by atoms with van der Waals surface area (Å²) in [5, 5.41) is 9.20. The van der Waals surface area contributed by atoms with Crippen molar-refractivity contribution < 1.29 is 28.2 Å². The Kier molecular flexibility index (Phi) is 4.07. The number of nitrogens with zero attached hydrogens (tertiary/aromatic N) is 1. The molecule has 1 aliphatic heterocycles. The third kappa shape index (κ3) is 3.33. The monoisotopic (exact) mass is 279 g/mol. The van der Waals surface area contributed by atoms with Crippen LogP contribution in [0.1, 0.15) is 34.1 Å². The first kappa shape index (κ1) is 15.7. The van der Waals surface area contributed by atoms with Gasteiger partial charge >= 0.3 is 12.1 Å². The molecular formula is C12H19F2NO4. The summed E-state index contributed by atoms with van der Waals surface area (Å²) >= 11 is 0. The molecule has 0 spiro atoms. The van der Waals surface area contributed by atoms with E-state index >= 15 is 0 Å². The molecule has 5 nitrogen and oxygen atoms in total. The highest BCUT2D eigenvalue weighted by Gasteiger charge is 2.53. The molecule has 0 aliphatic carbocycles. The molecule has 1 unspecified atom stereocenters. The maximum atomic E-state index is 12.7. The average Bonchev–Trinajstić information content (AvgIpc) is 2.55. The number of rotatable bonds is 2. The molecule has 0 aromatic rings. The molecule has 1 saturated heterocycles. The van der Waals surface area contributed by atoms with Crippen LogP contribution < -0.4 is 0 Å². The van der Waals surface area contributed by atoms with Gasteiger partial charge < -0.3 is 9.84 Å². The number of carboxylic acid groups (broad SMARTS) is 1. The molecule has 0 bridgehead atoms. The van der Waals surface area contributed by atoms with E-state index in [2.05, 4.69) is 0 Å². The Bertz CT molecular complexity index is 380. The first-order valence-corrected chi connectivity index (χ1v) is 5.99. The highest BCUT2D eigenvalue weighted by Crippen LogP contribution is 2.37. The second-order valence-electron chi connectivity index (χ2n) is 5.97. The number of carbonyl (C=O) groups is 2. The molecule has 1 amide bonds. The summed E-state index contributed by atoms with van der Waals surface area (Å²) in [6, 6.07) is 0. The van der Waals surface area contributed by atoms with Crippen molar-refractivity contribution in [3.05, 3.63) is 0 Å². The van der Waals surface area contributed by atoms with Crippen LogP contribution in [0.15, 0.2) is 0 Å². The van der Waals surface area contributed by atoms with Crippen LogP contribution in [0.5, 0.6) is 0 Å². The molecule has 1 aliphatic rings. The van der Waals surface area contributed by atoms with Gasteiger partial charge in [0.25, 0.3) is 0 Å². The minimum atomic E-state index is -2.66. The lowest BCUT2D eigenvalue weighted by atomic mass is 9.95. The largest absolute Gasteiger partial charge is 0.480 e. The first-order valence-electron chi connectivity index (χ1n) is 5.99. The summed E-state index contributed by atoms with van der Waals surface area (Å²) in [4.78, 5) is 24.1. The quantitative estimate of drug-likeness (QED) is 0.842. The number of amides is 1. The average molecular weight is 279 g/mol. The number of hydrogen-bond donors (Lipinski definition) is 1. The number of aliphatic carboxylic acids is 1. The second-order valence-corrected chi connectivity index (χ2v) is 5.97.